The molecule has 1 heterocycles. The molecule has 0 unspecified atom stereocenters. The summed E-state index contributed by atoms with van der Waals surface area (Å²) >= 11 is 5.77. The number of pyridine rings is 1. The molecule has 0 radical (unpaired) electrons. The number of hydrogen-bond acceptors (Lipinski definition) is 2. The maximum Gasteiger partial charge on any atom is 0.0820 e. The van der Waals surface area contributed by atoms with E-state index in [-0.39, 0.29) is 0 Å². The summed E-state index contributed by atoms with van der Waals surface area (Å²) < 4.78 is 0. The Kier molecular flexibility index (Phi) is 2.12. The zero-order chi connectivity index (χ0) is 7.56. The molecule has 0 aliphatic carbocycles. The molecule has 0 saturated carbocycles. The molecule has 0 aromatic carbocycles. The van der Waals surface area contributed by atoms with Crippen molar-refractivity contribution in [1.82, 2.24) is 4.98 Å². The van der Waals surface area contributed by atoms with E-state index in [0.29, 0.717) is 5.02 Å². The zero-order valence-electron chi connectivity index (χ0n) is 5.98. The molecular formula is C7H9ClN2. The van der Waals surface area contributed by atoms with Crippen LogP contribution in [0.5, 0.6) is 0 Å². The lowest BCUT2D eigenvalue weighted by atomic mass is 10.3. The average Bonchev–Trinajstić information content (AvgIpc) is 1.94. The summed E-state index contributed by atoms with van der Waals surface area (Å²) in [6.45, 7) is 1.93. The minimum Gasteiger partial charge on any atom is -0.387 e. The van der Waals surface area contributed by atoms with Crippen molar-refractivity contribution in [3.63, 3.8) is 0 Å². The molecule has 1 rings (SSSR count). The van der Waals surface area contributed by atoms with Crippen molar-refractivity contribution >= 4 is 17.3 Å². The summed E-state index contributed by atoms with van der Waals surface area (Å²) in [7, 11) is 1.83. The highest BCUT2D eigenvalue weighted by molar-refractivity contribution is 6.33. The molecule has 1 aromatic heterocycles. The van der Waals surface area contributed by atoms with E-state index in [0.717, 1.165) is 11.4 Å². The van der Waals surface area contributed by atoms with E-state index in [2.05, 4.69) is 10.3 Å². The molecule has 0 atom stereocenters. The van der Waals surface area contributed by atoms with Crippen LogP contribution >= 0.6 is 11.6 Å². The van der Waals surface area contributed by atoms with E-state index in [9.17, 15) is 0 Å². The van der Waals surface area contributed by atoms with Crippen LogP contribution in [0.15, 0.2) is 12.3 Å². The summed E-state index contributed by atoms with van der Waals surface area (Å²) in [6.07, 6.45) is 1.64. The number of aryl methyl sites for hydroxylation is 1. The van der Waals surface area contributed by atoms with Gasteiger partial charge in [-0.3, -0.25) is 4.98 Å². The Morgan fingerprint density at radius 2 is 2.30 bits per heavy atom. The topological polar surface area (TPSA) is 24.9 Å². The van der Waals surface area contributed by atoms with Crippen LogP contribution in [-0.2, 0) is 0 Å². The molecule has 10 heavy (non-hydrogen) atoms. The fourth-order valence-corrected chi connectivity index (χ4v) is 0.933. The highest BCUT2D eigenvalue weighted by Gasteiger charge is 1.96. The van der Waals surface area contributed by atoms with Crippen LogP contribution in [0.1, 0.15) is 5.69 Å². The second kappa shape index (κ2) is 2.88. The molecule has 0 bridgehead atoms. The smallest absolute Gasteiger partial charge is 0.0820 e. The Labute approximate surface area is 65.2 Å². The van der Waals surface area contributed by atoms with Gasteiger partial charge in [-0.25, -0.2) is 0 Å². The normalized spacial score (nSPS) is 9.50. The minimum absolute atomic E-state index is 0.660. The maximum atomic E-state index is 5.77. The van der Waals surface area contributed by atoms with E-state index in [4.69, 9.17) is 11.6 Å². The van der Waals surface area contributed by atoms with Gasteiger partial charge in [-0.15, -0.1) is 0 Å². The minimum atomic E-state index is 0.660. The standard InChI is InChI=1S/C7H9ClN2/c1-5-3-7(9-2)6(8)4-10-5/h3-4H,1-2H3,(H,9,10). The average molecular weight is 157 g/mol. The van der Waals surface area contributed by atoms with Crippen molar-refractivity contribution in [2.24, 2.45) is 0 Å². The number of aromatic nitrogens is 1. The van der Waals surface area contributed by atoms with Crippen LogP contribution in [0.25, 0.3) is 0 Å². The van der Waals surface area contributed by atoms with Crippen LogP contribution in [0.3, 0.4) is 0 Å². The van der Waals surface area contributed by atoms with Gasteiger partial charge in [0, 0.05) is 18.9 Å². The molecule has 0 spiro atoms. The molecule has 1 N–H and O–H groups in total. The van der Waals surface area contributed by atoms with E-state index >= 15 is 0 Å². The van der Waals surface area contributed by atoms with Crippen LogP contribution in [0.4, 0.5) is 5.69 Å². The third-order valence-electron chi connectivity index (χ3n) is 1.26. The molecule has 1 aromatic rings. The third kappa shape index (κ3) is 1.39. The van der Waals surface area contributed by atoms with Gasteiger partial charge in [-0.2, -0.15) is 0 Å². The lowest BCUT2D eigenvalue weighted by Crippen LogP contribution is -1.91. The van der Waals surface area contributed by atoms with Gasteiger partial charge in [-0.1, -0.05) is 11.6 Å². The van der Waals surface area contributed by atoms with Gasteiger partial charge in [0.05, 0.1) is 10.7 Å². The summed E-state index contributed by atoms with van der Waals surface area (Å²) in [5.41, 5.74) is 1.89. The first-order valence-electron chi connectivity index (χ1n) is 3.04. The number of nitrogens with zero attached hydrogens (tertiary/aromatic N) is 1. The highest BCUT2D eigenvalue weighted by Crippen LogP contribution is 2.19. The molecule has 0 aliphatic heterocycles. The Bertz CT molecular complexity index is 235. The predicted molar refractivity (Wildman–Crippen MR) is 43.5 cm³/mol. The summed E-state index contributed by atoms with van der Waals surface area (Å²) in [6, 6.07) is 1.91. The molecular weight excluding hydrogens is 148 g/mol. The molecule has 2 nitrogen and oxygen atoms in total. The van der Waals surface area contributed by atoms with Gasteiger partial charge in [0.2, 0.25) is 0 Å². The summed E-state index contributed by atoms with van der Waals surface area (Å²) in [4.78, 5) is 4.02. The van der Waals surface area contributed by atoms with Gasteiger partial charge in [-0.05, 0) is 13.0 Å². The SMILES string of the molecule is CNc1cc(C)ncc1Cl. The summed E-state index contributed by atoms with van der Waals surface area (Å²) in [5, 5.41) is 3.62. The van der Waals surface area contributed by atoms with Crippen molar-refractivity contribution in [3.8, 4) is 0 Å². The zero-order valence-corrected chi connectivity index (χ0v) is 6.74. The first-order chi connectivity index (χ1) is 4.74. The first-order valence-corrected chi connectivity index (χ1v) is 3.41. The second-order valence-electron chi connectivity index (χ2n) is 2.06. The molecule has 3 heteroatoms. The van der Waals surface area contributed by atoms with Crippen molar-refractivity contribution in [3.05, 3.63) is 23.0 Å². The number of rotatable bonds is 1. The van der Waals surface area contributed by atoms with E-state index in [1.165, 1.54) is 0 Å². The van der Waals surface area contributed by atoms with E-state index in [1.807, 2.05) is 20.0 Å². The van der Waals surface area contributed by atoms with Gasteiger partial charge < -0.3 is 5.32 Å². The number of anilines is 1. The van der Waals surface area contributed by atoms with Crippen LogP contribution in [0, 0.1) is 6.92 Å². The van der Waals surface area contributed by atoms with E-state index < -0.39 is 0 Å². The van der Waals surface area contributed by atoms with E-state index in [1.54, 1.807) is 6.20 Å². The van der Waals surface area contributed by atoms with Crippen LogP contribution in [-0.4, -0.2) is 12.0 Å². The number of halogens is 1. The first kappa shape index (κ1) is 7.35. The number of hydrogen-bond donors (Lipinski definition) is 1. The Balaban J connectivity index is 3.09. The molecule has 0 amide bonds. The monoisotopic (exact) mass is 156 g/mol. The van der Waals surface area contributed by atoms with Gasteiger partial charge in [0.25, 0.3) is 0 Å². The Morgan fingerprint density at radius 3 is 2.80 bits per heavy atom. The van der Waals surface area contributed by atoms with Crippen molar-refractivity contribution in [2.45, 2.75) is 6.92 Å². The summed E-state index contributed by atoms with van der Waals surface area (Å²) in [5.74, 6) is 0. The maximum absolute atomic E-state index is 5.77. The number of nitrogens with one attached hydrogen (secondary N) is 1. The highest BCUT2D eigenvalue weighted by atomic mass is 35.5. The predicted octanol–water partition coefficient (Wildman–Crippen LogP) is 2.09. The molecule has 0 saturated heterocycles. The van der Waals surface area contributed by atoms with Gasteiger partial charge in [0.1, 0.15) is 0 Å². The largest absolute Gasteiger partial charge is 0.387 e. The Hall–Kier alpha value is -0.760. The molecule has 0 aliphatic rings. The van der Waals surface area contributed by atoms with Crippen molar-refractivity contribution in [2.75, 3.05) is 12.4 Å². The molecule has 54 valence electrons. The molecule has 0 fully saturated rings. The lowest BCUT2D eigenvalue weighted by Gasteiger charge is -2.01. The Morgan fingerprint density at radius 1 is 1.60 bits per heavy atom. The lowest BCUT2D eigenvalue weighted by molar-refractivity contribution is 1.20. The van der Waals surface area contributed by atoms with Crippen LogP contribution in [0.2, 0.25) is 5.02 Å². The third-order valence-corrected chi connectivity index (χ3v) is 1.56. The van der Waals surface area contributed by atoms with Gasteiger partial charge >= 0.3 is 0 Å². The van der Waals surface area contributed by atoms with Crippen molar-refractivity contribution < 1.29 is 0 Å². The fourth-order valence-electron chi connectivity index (χ4n) is 0.735. The van der Waals surface area contributed by atoms with Crippen molar-refractivity contribution in [1.29, 1.82) is 0 Å². The quantitative estimate of drug-likeness (QED) is 0.674. The van der Waals surface area contributed by atoms with Crippen LogP contribution < -0.4 is 5.32 Å². The second-order valence-corrected chi connectivity index (χ2v) is 2.46. The van der Waals surface area contributed by atoms with Gasteiger partial charge in [0.15, 0.2) is 0 Å². The fraction of sp³-hybridized carbons (Fsp3) is 0.286.